The normalized spacial score (nSPS) is 29.3. The quantitative estimate of drug-likeness (QED) is 0.596. The molecule has 1 N–H and O–H groups in total. The molecular weight excluding hydrogens is 134 g/mol. The summed E-state index contributed by atoms with van der Waals surface area (Å²) in [5.74, 6) is 1.04. The van der Waals surface area contributed by atoms with E-state index in [4.69, 9.17) is 0 Å². The Labute approximate surface area is 68.9 Å². The highest BCUT2D eigenvalue weighted by atomic mass is 14.9. The van der Waals surface area contributed by atoms with Gasteiger partial charge >= 0.3 is 0 Å². The topological polar surface area (TPSA) is 12.0 Å². The van der Waals surface area contributed by atoms with Gasteiger partial charge in [-0.15, -0.1) is 0 Å². The zero-order valence-electron chi connectivity index (χ0n) is 7.10. The summed E-state index contributed by atoms with van der Waals surface area (Å²) in [4.78, 5) is 0. The van der Waals surface area contributed by atoms with Crippen molar-refractivity contribution >= 4 is 0 Å². The predicted molar refractivity (Wildman–Crippen MR) is 47.5 cm³/mol. The lowest BCUT2D eigenvalue weighted by atomic mass is 9.82. The molecule has 0 spiro atoms. The first-order valence-electron chi connectivity index (χ1n) is 4.84. The Hall–Kier alpha value is -0.300. The molecule has 0 amide bonds. The van der Waals surface area contributed by atoms with E-state index in [1.165, 1.54) is 38.6 Å². The van der Waals surface area contributed by atoms with Gasteiger partial charge in [-0.1, -0.05) is 30.9 Å². The maximum absolute atomic E-state index is 3.36. The maximum atomic E-state index is 3.36. The van der Waals surface area contributed by atoms with E-state index in [-0.39, 0.29) is 0 Å². The van der Waals surface area contributed by atoms with E-state index in [9.17, 15) is 0 Å². The minimum absolute atomic E-state index is 1.04. The van der Waals surface area contributed by atoms with E-state index < -0.39 is 0 Å². The molecule has 0 aromatic carbocycles. The second-order valence-electron chi connectivity index (χ2n) is 3.82. The summed E-state index contributed by atoms with van der Waals surface area (Å²) in [6, 6.07) is 0. The Balaban J connectivity index is 1.73. The molecule has 1 saturated heterocycles. The molecule has 1 aliphatic carbocycles. The molecule has 1 nitrogen and oxygen atoms in total. The lowest BCUT2D eigenvalue weighted by molar-refractivity contribution is 0.319. The molecule has 0 radical (unpaired) electrons. The van der Waals surface area contributed by atoms with Crippen LogP contribution in [0, 0.1) is 5.92 Å². The third-order valence-electron chi connectivity index (χ3n) is 2.94. The summed E-state index contributed by atoms with van der Waals surface area (Å²) in [7, 11) is 0. The minimum Gasteiger partial charge on any atom is -0.313 e. The van der Waals surface area contributed by atoms with Gasteiger partial charge in [0, 0.05) is 6.54 Å². The largest absolute Gasteiger partial charge is 0.313 e. The van der Waals surface area contributed by atoms with Crippen molar-refractivity contribution in [2.75, 3.05) is 13.1 Å². The molecular formula is C10H17N. The van der Waals surface area contributed by atoms with Gasteiger partial charge in [-0.3, -0.25) is 0 Å². The first-order chi connectivity index (χ1) is 5.45. The number of hydrogen-bond donors (Lipinski definition) is 1. The molecule has 1 heteroatoms. The highest BCUT2D eigenvalue weighted by Crippen LogP contribution is 2.30. The van der Waals surface area contributed by atoms with Crippen LogP contribution in [0.25, 0.3) is 0 Å². The maximum Gasteiger partial charge on any atom is 0.0165 e. The Bertz CT molecular complexity index is 148. The molecule has 62 valence electrons. The summed E-state index contributed by atoms with van der Waals surface area (Å²) < 4.78 is 0. The van der Waals surface area contributed by atoms with Crippen molar-refractivity contribution in [3.05, 3.63) is 11.6 Å². The number of rotatable bonds is 2. The summed E-state index contributed by atoms with van der Waals surface area (Å²) in [5.41, 5.74) is 1.65. The van der Waals surface area contributed by atoms with E-state index >= 15 is 0 Å². The zero-order chi connectivity index (χ0) is 7.52. The highest BCUT2D eigenvalue weighted by molar-refractivity contribution is 5.09. The summed E-state index contributed by atoms with van der Waals surface area (Å²) >= 11 is 0. The van der Waals surface area contributed by atoms with E-state index in [1.54, 1.807) is 5.57 Å². The number of nitrogens with one attached hydrogen (secondary N) is 1. The van der Waals surface area contributed by atoms with Crippen LogP contribution in [0.3, 0.4) is 0 Å². The van der Waals surface area contributed by atoms with Crippen LogP contribution in [0.5, 0.6) is 0 Å². The molecule has 0 unspecified atom stereocenters. The molecule has 2 rings (SSSR count). The van der Waals surface area contributed by atoms with Crippen molar-refractivity contribution in [3.8, 4) is 0 Å². The van der Waals surface area contributed by atoms with Crippen molar-refractivity contribution in [1.82, 2.24) is 5.32 Å². The molecule has 11 heavy (non-hydrogen) atoms. The van der Waals surface area contributed by atoms with Gasteiger partial charge in [-0.2, -0.15) is 0 Å². The second kappa shape index (κ2) is 3.40. The smallest absolute Gasteiger partial charge is 0.0165 e. The van der Waals surface area contributed by atoms with Gasteiger partial charge in [0.2, 0.25) is 0 Å². The predicted octanol–water partition coefficient (Wildman–Crippen LogP) is 2.10. The second-order valence-corrected chi connectivity index (χ2v) is 3.82. The lowest BCUT2D eigenvalue weighted by Gasteiger charge is -2.23. The van der Waals surface area contributed by atoms with Gasteiger partial charge < -0.3 is 5.32 Å². The summed E-state index contributed by atoms with van der Waals surface area (Å²) in [5, 5.41) is 3.36. The molecule has 0 bridgehead atoms. The molecule has 1 saturated carbocycles. The van der Waals surface area contributed by atoms with E-state index in [1.807, 2.05) is 0 Å². The number of hydrogen-bond acceptors (Lipinski definition) is 1. The summed E-state index contributed by atoms with van der Waals surface area (Å²) in [6.07, 6.45) is 9.58. The number of allylic oxidation sites excluding steroid dienone is 1. The molecule has 2 fully saturated rings. The van der Waals surface area contributed by atoms with Gasteiger partial charge in [0.15, 0.2) is 0 Å². The first-order valence-corrected chi connectivity index (χ1v) is 4.84. The van der Waals surface area contributed by atoms with Gasteiger partial charge in [-0.05, 0) is 25.3 Å². The Morgan fingerprint density at radius 2 is 2.36 bits per heavy atom. The van der Waals surface area contributed by atoms with Gasteiger partial charge in [0.25, 0.3) is 0 Å². The Kier molecular flexibility index (Phi) is 2.27. The van der Waals surface area contributed by atoms with Crippen LogP contribution in [-0.4, -0.2) is 13.1 Å². The summed E-state index contributed by atoms with van der Waals surface area (Å²) in [6.45, 7) is 2.36. The SMILES string of the molecule is C(/CC1CCC1)=C1\CCNC1. The van der Waals surface area contributed by atoms with Crippen LogP contribution in [0.2, 0.25) is 0 Å². The van der Waals surface area contributed by atoms with Gasteiger partial charge in [0.1, 0.15) is 0 Å². The highest BCUT2D eigenvalue weighted by Gasteiger charge is 2.16. The fourth-order valence-corrected chi connectivity index (χ4v) is 1.82. The monoisotopic (exact) mass is 151 g/mol. The van der Waals surface area contributed by atoms with Crippen LogP contribution in [-0.2, 0) is 0 Å². The van der Waals surface area contributed by atoms with E-state index in [0.717, 1.165) is 12.5 Å². The fourth-order valence-electron chi connectivity index (χ4n) is 1.82. The first kappa shape index (κ1) is 7.35. The van der Waals surface area contributed by atoms with Gasteiger partial charge in [0.05, 0.1) is 0 Å². The fraction of sp³-hybridized carbons (Fsp3) is 0.800. The van der Waals surface area contributed by atoms with Crippen LogP contribution < -0.4 is 5.32 Å². The average molecular weight is 151 g/mol. The van der Waals surface area contributed by atoms with Crippen molar-refractivity contribution in [3.63, 3.8) is 0 Å². The Morgan fingerprint density at radius 1 is 1.45 bits per heavy atom. The average Bonchev–Trinajstić information content (AvgIpc) is 2.36. The van der Waals surface area contributed by atoms with Crippen LogP contribution in [0.4, 0.5) is 0 Å². The zero-order valence-corrected chi connectivity index (χ0v) is 7.10. The van der Waals surface area contributed by atoms with Gasteiger partial charge in [-0.25, -0.2) is 0 Å². The standard InChI is InChI=1S/C10H17N/c1-2-9(3-1)4-5-10-6-7-11-8-10/h5,9,11H,1-4,6-8H2/b10-5-. The molecule has 1 aliphatic heterocycles. The lowest BCUT2D eigenvalue weighted by Crippen LogP contribution is -2.09. The van der Waals surface area contributed by atoms with Crippen molar-refractivity contribution in [1.29, 1.82) is 0 Å². The van der Waals surface area contributed by atoms with Crippen LogP contribution >= 0.6 is 0 Å². The molecule has 0 atom stereocenters. The molecule has 1 heterocycles. The van der Waals surface area contributed by atoms with Crippen molar-refractivity contribution < 1.29 is 0 Å². The molecule has 0 aromatic rings. The van der Waals surface area contributed by atoms with Crippen molar-refractivity contribution in [2.45, 2.75) is 32.1 Å². The third-order valence-corrected chi connectivity index (χ3v) is 2.94. The van der Waals surface area contributed by atoms with E-state index in [0.29, 0.717) is 0 Å². The van der Waals surface area contributed by atoms with Crippen LogP contribution in [0.1, 0.15) is 32.1 Å². The van der Waals surface area contributed by atoms with Crippen molar-refractivity contribution in [2.24, 2.45) is 5.92 Å². The minimum atomic E-state index is 1.04. The van der Waals surface area contributed by atoms with Crippen LogP contribution in [0.15, 0.2) is 11.6 Å². The third kappa shape index (κ3) is 1.84. The van der Waals surface area contributed by atoms with E-state index in [2.05, 4.69) is 11.4 Å². The molecule has 0 aromatic heterocycles. The molecule has 2 aliphatic rings. The Morgan fingerprint density at radius 3 is 2.91 bits per heavy atom.